The summed E-state index contributed by atoms with van der Waals surface area (Å²) in [6.07, 6.45) is 3.03. The lowest BCUT2D eigenvalue weighted by molar-refractivity contribution is 0.0322. The van der Waals surface area contributed by atoms with Crippen molar-refractivity contribution in [3.8, 4) is 0 Å². The van der Waals surface area contributed by atoms with E-state index >= 15 is 0 Å². The number of hydrogen-bond donors (Lipinski definition) is 3. The Hall–Kier alpha value is -0.210. The Labute approximate surface area is 90.7 Å². The fourth-order valence-corrected chi connectivity index (χ4v) is 1.93. The molecule has 1 aliphatic heterocycles. The van der Waals surface area contributed by atoms with Gasteiger partial charge >= 0.3 is 0 Å². The molecule has 4 N–H and O–H groups in total. The number of nitrogens with two attached hydrogens (primary N) is 1. The van der Waals surface area contributed by atoms with E-state index in [9.17, 15) is 8.42 Å². The van der Waals surface area contributed by atoms with E-state index in [1.807, 2.05) is 0 Å². The normalized spacial score (nSPS) is 19.3. The molecule has 0 aromatic carbocycles. The van der Waals surface area contributed by atoms with Gasteiger partial charge in [-0.1, -0.05) is 0 Å². The van der Waals surface area contributed by atoms with Crippen LogP contribution >= 0.6 is 0 Å². The Morgan fingerprint density at radius 3 is 2.67 bits per heavy atom. The third kappa shape index (κ3) is 6.80. The minimum Gasteiger partial charge on any atom is -0.378 e. The van der Waals surface area contributed by atoms with Crippen molar-refractivity contribution in [1.82, 2.24) is 10.0 Å². The molecule has 0 aromatic rings. The highest BCUT2D eigenvalue weighted by molar-refractivity contribution is 7.87. The molecule has 0 bridgehead atoms. The maximum atomic E-state index is 10.5. The topological polar surface area (TPSA) is 93.5 Å². The molecule has 0 aromatic heterocycles. The Kier molecular flexibility index (Phi) is 5.48. The summed E-state index contributed by atoms with van der Waals surface area (Å²) in [5.41, 5.74) is 0. The van der Waals surface area contributed by atoms with Gasteiger partial charge in [-0.15, -0.1) is 0 Å². The van der Waals surface area contributed by atoms with E-state index in [2.05, 4.69) is 10.0 Å². The van der Waals surface area contributed by atoms with Gasteiger partial charge in [0.15, 0.2) is 0 Å². The lowest BCUT2D eigenvalue weighted by atomic mass is 10.1. The van der Waals surface area contributed by atoms with Gasteiger partial charge in [0.25, 0.3) is 10.2 Å². The zero-order valence-corrected chi connectivity index (χ0v) is 9.55. The van der Waals surface area contributed by atoms with Gasteiger partial charge in [0.1, 0.15) is 0 Å². The lowest BCUT2D eigenvalue weighted by Gasteiger charge is -2.22. The predicted octanol–water partition coefficient (Wildman–Crippen LogP) is -1.06. The van der Waals surface area contributed by atoms with E-state index < -0.39 is 10.2 Å². The fourth-order valence-electron chi connectivity index (χ4n) is 1.50. The van der Waals surface area contributed by atoms with Crippen molar-refractivity contribution in [3.63, 3.8) is 0 Å². The molecule has 0 atom stereocenters. The van der Waals surface area contributed by atoms with Crippen LogP contribution in [0.4, 0.5) is 0 Å². The maximum absolute atomic E-state index is 10.5. The van der Waals surface area contributed by atoms with Gasteiger partial charge in [0.05, 0.1) is 6.10 Å². The monoisotopic (exact) mass is 237 g/mol. The smallest absolute Gasteiger partial charge is 0.274 e. The standard InChI is InChI=1S/C8H19N3O3S/c9-15(12,13)11-4-1-7-14-8-2-5-10-6-3-8/h8,10-11H,1-7H2,(H2,9,12,13). The van der Waals surface area contributed by atoms with Gasteiger partial charge < -0.3 is 10.1 Å². The van der Waals surface area contributed by atoms with E-state index in [4.69, 9.17) is 9.88 Å². The van der Waals surface area contributed by atoms with Crippen molar-refractivity contribution in [1.29, 1.82) is 0 Å². The van der Waals surface area contributed by atoms with E-state index in [0.717, 1.165) is 25.9 Å². The van der Waals surface area contributed by atoms with Crippen molar-refractivity contribution in [2.24, 2.45) is 5.14 Å². The van der Waals surface area contributed by atoms with Crippen LogP contribution in [0.5, 0.6) is 0 Å². The van der Waals surface area contributed by atoms with Gasteiger partial charge in [-0.2, -0.15) is 8.42 Å². The zero-order valence-electron chi connectivity index (χ0n) is 8.74. The summed E-state index contributed by atoms with van der Waals surface area (Å²) in [5, 5.41) is 8.02. The van der Waals surface area contributed by atoms with Gasteiger partial charge in [-0.3, -0.25) is 0 Å². The Bertz CT molecular complexity index is 262. The van der Waals surface area contributed by atoms with Gasteiger partial charge in [-0.25, -0.2) is 9.86 Å². The minimum atomic E-state index is -3.55. The maximum Gasteiger partial charge on any atom is 0.274 e. The van der Waals surface area contributed by atoms with Crippen LogP contribution in [-0.2, 0) is 14.9 Å². The van der Waals surface area contributed by atoms with Gasteiger partial charge in [0.2, 0.25) is 0 Å². The highest BCUT2D eigenvalue weighted by Crippen LogP contribution is 2.06. The summed E-state index contributed by atoms with van der Waals surface area (Å²) in [6, 6.07) is 0. The molecule has 7 heteroatoms. The molecule has 6 nitrogen and oxygen atoms in total. The molecule has 0 spiro atoms. The quantitative estimate of drug-likeness (QED) is 0.513. The molecule has 0 amide bonds. The highest BCUT2D eigenvalue weighted by Gasteiger charge is 2.12. The molecular formula is C8H19N3O3S. The van der Waals surface area contributed by atoms with Crippen LogP contribution in [0.25, 0.3) is 0 Å². The van der Waals surface area contributed by atoms with Crippen LogP contribution in [0.3, 0.4) is 0 Å². The second-order valence-corrected chi connectivity index (χ2v) is 4.99. The molecule has 15 heavy (non-hydrogen) atoms. The van der Waals surface area contributed by atoms with Crippen LogP contribution in [0.15, 0.2) is 0 Å². The first-order valence-corrected chi connectivity index (χ1v) is 6.72. The summed E-state index contributed by atoms with van der Waals surface area (Å²) >= 11 is 0. The van der Waals surface area contributed by atoms with Crippen molar-refractivity contribution in [2.45, 2.75) is 25.4 Å². The average Bonchev–Trinajstić information content (AvgIpc) is 2.17. The molecule has 0 aliphatic carbocycles. The van der Waals surface area contributed by atoms with Crippen molar-refractivity contribution < 1.29 is 13.2 Å². The molecule has 0 saturated carbocycles. The van der Waals surface area contributed by atoms with Crippen LogP contribution in [0.2, 0.25) is 0 Å². The molecule has 1 heterocycles. The van der Waals surface area contributed by atoms with E-state index in [-0.39, 0.29) is 0 Å². The molecule has 0 radical (unpaired) electrons. The first-order chi connectivity index (χ1) is 7.08. The second kappa shape index (κ2) is 6.39. The van der Waals surface area contributed by atoms with Crippen LogP contribution in [0.1, 0.15) is 19.3 Å². The van der Waals surface area contributed by atoms with Crippen molar-refractivity contribution in [3.05, 3.63) is 0 Å². The summed E-state index contributed by atoms with van der Waals surface area (Å²) in [4.78, 5) is 0. The Morgan fingerprint density at radius 2 is 2.07 bits per heavy atom. The third-order valence-corrected chi connectivity index (χ3v) is 2.87. The van der Waals surface area contributed by atoms with Crippen molar-refractivity contribution in [2.75, 3.05) is 26.2 Å². The summed E-state index contributed by atoms with van der Waals surface area (Å²) < 4.78 is 28.8. The van der Waals surface area contributed by atoms with Crippen molar-refractivity contribution >= 4 is 10.2 Å². The molecule has 1 aliphatic rings. The van der Waals surface area contributed by atoms with E-state index in [1.165, 1.54) is 0 Å². The first-order valence-electron chi connectivity index (χ1n) is 5.17. The molecule has 1 fully saturated rings. The van der Waals surface area contributed by atoms with E-state index in [1.54, 1.807) is 0 Å². The summed E-state index contributed by atoms with van der Waals surface area (Å²) in [6.45, 7) is 2.91. The predicted molar refractivity (Wildman–Crippen MR) is 57.6 cm³/mol. The summed E-state index contributed by atoms with van der Waals surface area (Å²) in [5.74, 6) is 0. The molecular weight excluding hydrogens is 218 g/mol. The van der Waals surface area contributed by atoms with Crippen LogP contribution < -0.4 is 15.2 Å². The molecule has 1 rings (SSSR count). The Balaban J connectivity index is 1.96. The zero-order chi connectivity index (χ0) is 11.1. The number of hydrogen-bond acceptors (Lipinski definition) is 4. The highest BCUT2D eigenvalue weighted by atomic mass is 32.2. The summed E-state index contributed by atoms with van der Waals surface area (Å²) in [7, 11) is -3.55. The van der Waals surface area contributed by atoms with Gasteiger partial charge in [0, 0.05) is 13.2 Å². The lowest BCUT2D eigenvalue weighted by Crippen LogP contribution is -2.34. The number of rotatable bonds is 6. The molecule has 90 valence electrons. The van der Waals surface area contributed by atoms with E-state index in [0.29, 0.717) is 25.7 Å². The number of piperidine rings is 1. The third-order valence-electron chi connectivity index (χ3n) is 2.26. The number of ether oxygens (including phenoxy) is 1. The van der Waals surface area contributed by atoms with Crippen LogP contribution in [0, 0.1) is 0 Å². The second-order valence-electron chi connectivity index (χ2n) is 3.61. The largest absolute Gasteiger partial charge is 0.378 e. The Morgan fingerprint density at radius 1 is 1.40 bits per heavy atom. The molecule has 1 saturated heterocycles. The SMILES string of the molecule is NS(=O)(=O)NCCCOC1CCNCC1. The minimum absolute atomic E-state index is 0.320. The van der Waals surface area contributed by atoms with Gasteiger partial charge in [-0.05, 0) is 32.4 Å². The number of nitrogens with one attached hydrogen (secondary N) is 2. The average molecular weight is 237 g/mol. The first kappa shape index (κ1) is 12.9. The molecule has 0 unspecified atom stereocenters. The van der Waals surface area contributed by atoms with Crippen LogP contribution in [-0.4, -0.2) is 40.8 Å². The fraction of sp³-hybridized carbons (Fsp3) is 1.00.